The number of rotatable bonds is 7. The van der Waals surface area contributed by atoms with Crippen LogP contribution < -0.4 is 5.32 Å². The first kappa shape index (κ1) is 15.3. The van der Waals surface area contributed by atoms with Crippen molar-refractivity contribution in [2.24, 2.45) is 5.41 Å². The zero-order valence-electron chi connectivity index (χ0n) is 13.1. The molecular weight excluding hydrogens is 236 g/mol. The van der Waals surface area contributed by atoms with E-state index in [1.54, 1.807) is 0 Å². The number of ether oxygens (including phenoxy) is 1. The molecule has 1 N–H and O–H groups in total. The smallest absolute Gasteiger partial charge is 0.0730 e. The van der Waals surface area contributed by atoms with Gasteiger partial charge in [0.2, 0.25) is 0 Å². The summed E-state index contributed by atoms with van der Waals surface area (Å²) in [5.74, 6) is 0. The van der Waals surface area contributed by atoms with Crippen molar-refractivity contribution in [1.82, 2.24) is 10.2 Å². The lowest BCUT2D eigenvalue weighted by Crippen LogP contribution is -2.53. The van der Waals surface area contributed by atoms with Gasteiger partial charge in [-0.15, -0.1) is 0 Å². The van der Waals surface area contributed by atoms with Crippen LogP contribution in [0.25, 0.3) is 0 Å². The predicted molar refractivity (Wildman–Crippen MR) is 80.5 cm³/mol. The maximum atomic E-state index is 5.94. The fourth-order valence-electron chi connectivity index (χ4n) is 3.80. The SMILES string of the molecule is CCNCC(CC)(CC)CN1CCOC2CCCC21. The van der Waals surface area contributed by atoms with E-state index < -0.39 is 0 Å². The van der Waals surface area contributed by atoms with Gasteiger partial charge in [-0.1, -0.05) is 20.8 Å². The van der Waals surface area contributed by atoms with Gasteiger partial charge in [0.1, 0.15) is 0 Å². The Bertz CT molecular complexity index is 265. The molecule has 2 rings (SSSR count). The van der Waals surface area contributed by atoms with Crippen LogP contribution in [0.2, 0.25) is 0 Å². The van der Waals surface area contributed by atoms with Crippen LogP contribution in [0.4, 0.5) is 0 Å². The van der Waals surface area contributed by atoms with Gasteiger partial charge in [-0.3, -0.25) is 4.90 Å². The molecule has 0 radical (unpaired) electrons. The molecule has 19 heavy (non-hydrogen) atoms. The molecule has 0 bridgehead atoms. The fourth-order valence-corrected chi connectivity index (χ4v) is 3.80. The van der Waals surface area contributed by atoms with Crippen LogP contribution in [0.1, 0.15) is 52.9 Å². The summed E-state index contributed by atoms with van der Waals surface area (Å²) < 4.78 is 5.94. The lowest BCUT2D eigenvalue weighted by atomic mass is 9.81. The van der Waals surface area contributed by atoms with Crippen LogP contribution in [0.3, 0.4) is 0 Å². The Labute approximate surface area is 119 Å². The van der Waals surface area contributed by atoms with Crippen LogP contribution in [-0.4, -0.2) is 49.8 Å². The molecule has 3 nitrogen and oxygen atoms in total. The molecule has 1 aliphatic carbocycles. The number of nitrogens with one attached hydrogen (secondary N) is 1. The predicted octanol–water partition coefficient (Wildman–Crippen LogP) is 2.66. The standard InChI is InChI=1S/C16H32N2O/c1-4-16(5-2,12-17-6-3)13-18-10-11-19-15-9-7-8-14(15)18/h14-15,17H,4-13H2,1-3H3. The average molecular weight is 268 g/mol. The van der Waals surface area contributed by atoms with Crippen molar-refractivity contribution in [3.05, 3.63) is 0 Å². The molecule has 1 aliphatic heterocycles. The minimum atomic E-state index is 0.445. The van der Waals surface area contributed by atoms with E-state index in [2.05, 4.69) is 31.0 Å². The summed E-state index contributed by atoms with van der Waals surface area (Å²) in [5, 5.41) is 3.58. The summed E-state index contributed by atoms with van der Waals surface area (Å²) in [4.78, 5) is 2.74. The maximum absolute atomic E-state index is 5.94. The first-order chi connectivity index (χ1) is 9.24. The van der Waals surface area contributed by atoms with Crippen LogP contribution in [0, 0.1) is 5.41 Å². The van der Waals surface area contributed by atoms with Crippen molar-refractivity contribution in [1.29, 1.82) is 0 Å². The summed E-state index contributed by atoms with van der Waals surface area (Å²) in [6.07, 6.45) is 7.04. The first-order valence-corrected chi connectivity index (χ1v) is 8.31. The Balaban J connectivity index is 1.99. The molecule has 1 saturated carbocycles. The van der Waals surface area contributed by atoms with E-state index in [1.807, 2.05) is 0 Å². The third-order valence-corrected chi connectivity index (χ3v) is 5.39. The molecule has 0 aromatic rings. The van der Waals surface area contributed by atoms with E-state index in [-0.39, 0.29) is 0 Å². The Hall–Kier alpha value is -0.120. The van der Waals surface area contributed by atoms with Gasteiger partial charge < -0.3 is 10.1 Å². The molecular formula is C16H32N2O. The maximum Gasteiger partial charge on any atom is 0.0730 e. The lowest BCUT2D eigenvalue weighted by molar-refractivity contribution is -0.0695. The minimum absolute atomic E-state index is 0.445. The summed E-state index contributed by atoms with van der Waals surface area (Å²) >= 11 is 0. The van der Waals surface area contributed by atoms with Gasteiger partial charge in [0.05, 0.1) is 12.7 Å². The summed E-state index contributed by atoms with van der Waals surface area (Å²) in [6, 6.07) is 0.702. The van der Waals surface area contributed by atoms with Gasteiger partial charge >= 0.3 is 0 Å². The monoisotopic (exact) mass is 268 g/mol. The van der Waals surface area contributed by atoms with E-state index in [4.69, 9.17) is 4.74 Å². The number of hydrogen-bond donors (Lipinski definition) is 1. The van der Waals surface area contributed by atoms with Gasteiger partial charge in [0.15, 0.2) is 0 Å². The molecule has 112 valence electrons. The highest BCUT2D eigenvalue weighted by Gasteiger charge is 2.39. The van der Waals surface area contributed by atoms with E-state index in [9.17, 15) is 0 Å². The van der Waals surface area contributed by atoms with Crippen molar-refractivity contribution in [3.63, 3.8) is 0 Å². The second-order valence-corrected chi connectivity index (χ2v) is 6.37. The summed E-state index contributed by atoms with van der Waals surface area (Å²) in [5.41, 5.74) is 0.445. The van der Waals surface area contributed by atoms with E-state index in [0.717, 1.165) is 26.2 Å². The lowest BCUT2D eigenvalue weighted by Gasteiger charge is -2.44. The Morgan fingerprint density at radius 3 is 2.68 bits per heavy atom. The Morgan fingerprint density at radius 2 is 2.00 bits per heavy atom. The van der Waals surface area contributed by atoms with Crippen molar-refractivity contribution >= 4 is 0 Å². The van der Waals surface area contributed by atoms with Crippen molar-refractivity contribution in [2.75, 3.05) is 32.8 Å². The fraction of sp³-hybridized carbons (Fsp3) is 1.00. The average Bonchev–Trinajstić information content (AvgIpc) is 2.93. The molecule has 0 aromatic heterocycles. The highest BCUT2D eigenvalue weighted by molar-refractivity contribution is 4.93. The highest BCUT2D eigenvalue weighted by atomic mass is 16.5. The first-order valence-electron chi connectivity index (χ1n) is 8.31. The zero-order valence-corrected chi connectivity index (χ0v) is 13.1. The van der Waals surface area contributed by atoms with Gasteiger partial charge in [-0.05, 0) is 44.1 Å². The molecule has 2 fully saturated rings. The van der Waals surface area contributed by atoms with Crippen molar-refractivity contribution < 1.29 is 4.74 Å². The quantitative estimate of drug-likeness (QED) is 0.768. The zero-order chi connectivity index (χ0) is 13.7. The molecule has 3 heteroatoms. The largest absolute Gasteiger partial charge is 0.375 e. The van der Waals surface area contributed by atoms with Gasteiger partial charge in [0.25, 0.3) is 0 Å². The summed E-state index contributed by atoms with van der Waals surface area (Å²) in [6.45, 7) is 12.5. The van der Waals surface area contributed by atoms with Crippen LogP contribution in [0.5, 0.6) is 0 Å². The van der Waals surface area contributed by atoms with Gasteiger partial charge in [-0.2, -0.15) is 0 Å². The van der Waals surface area contributed by atoms with E-state index in [1.165, 1.54) is 38.6 Å². The number of morpholine rings is 1. The molecule has 2 aliphatic rings. The third-order valence-electron chi connectivity index (χ3n) is 5.39. The summed E-state index contributed by atoms with van der Waals surface area (Å²) in [7, 11) is 0. The van der Waals surface area contributed by atoms with Gasteiger partial charge in [0, 0.05) is 25.7 Å². The third kappa shape index (κ3) is 3.50. The molecule has 2 atom stereocenters. The van der Waals surface area contributed by atoms with Crippen molar-refractivity contribution in [2.45, 2.75) is 65.0 Å². The molecule has 1 saturated heterocycles. The van der Waals surface area contributed by atoms with Gasteiger partial charge in [-0.25, -0.2) is 0 Å². The van der Waals surface area contributed by atoms with E-state index in [0.29, 0.717) is 17.6 Å². The molecule has 0 aromatic carbocycles. The molecule has 0 amide bonds. The minimum Gasteiger partial charge on any atom is -0.375 e. The highest BCUT2D eigenvalue weighted by Crippen LogP contribution is 2.34. The van der Waals surface area contributed by atoms with Crippen LogP contribution in [-0.2, 0) is 4.74 Å². The molecule has 2 unspecified atom stereocenters. The Kier molecular flexibility index (Phi) is 5.67. The Morgan fingerprint density at radius 1 is 1.21 bits per heavy atom. The van der Waals surface area contributed by atoms with E-state index >= 15 is 0 Å². The topological polar surface area (TPSA) is 24.5 Å². The number of fused-ring (bicyclic) bond motifs is 1. The van der Waals surface area contributed by atoms with Crippen LogP contribution in [0.15, 0.2) is 0 Å². The van der Waals surface area contributed by atoms with Crippen molar-refractivity contribution in [3.8, 4) is 0 Å². The molecule has 1 heterocycles. The normalized spacial score (nSPS) is 28.6. The second-order valence-electron chi connectivity index (χ2n) is 6.37. The van der Waals surface area contributed by atoms with Crippen LogP contribution >= 0.6 is 0 Å². The second kappa shape index (κ2) is 7.05. The number of nitrogens with zero attached hydrogens (tertiary/aromatic N) is 1. The number of hydrogen-bond acceptors (Lipinski definition) is 3. The molecule has 0 spiro atoms.